The van der Waals surface area contributed by atoms with Gasteiger partial charge in [-0.1, -0.05) is 17.7 Å². The molecule has 0 saturated carbocycles. The minimum atomic E-state index is 0.453. The molecule has 5 heteroatoms. The standard InChI is InChI=1S/C8H4BrClN2O/c9-7-5(2-1-3-6(7)10)8-12-11-4-13-8/h1-4H. The molecule has 0 unspecified atom stereocenters. The molecule has 0 fully saturated rings. The summed E-state index contributed by atoms with van der Waals surface area (Å²) < 4.78 is 5.81. The quantitative estimate of drug-likeness (QED) is 0.790. The van der Waals surface area contributed by atoms with E-state index in [0.29, 0.717) is 10.9 Å². The molecule has 0 saturated heterocycles. The van der Waals surface area contributed by atoms with E-state index < -0.39 is 0 Å². The van der Waals surface area contributed by atoms with Gasteiger partial charge in [-0.05, 0) is 28.1 Å². The molecule has 3 nitrogen and oxygen atoms in total. The summed E-state index contributed by atoms with van der Waals surface area (Å²) in [6.45, 7) is 0. The van der Waals surface area contributed by atoms with E-state index in [1.807, 2.05) is 12.1 Å². The van der Waals surface area contributed by atoms with Crippen LogP contribution in [0.4, 0.5) is 0 Å². The summed E-state index contributed by atoms with van der Waals surface area (Å²) in [5, 5.41) is 7.99. The summed E-state index contributed by atoms with van der Waals surface area (Å²) >= 11 is 9.24. The van der Waals surface area contributed by atoms with Crippen LogP contribution < -0.4 is 0 Å². The van der Waals surface area contributed by atoms with E-state index in [4.69, 9.17) is 16.0 Å². The molecule has 0 aliphatic rings. The first kappa shape index (κ1) is 8.72. The SMILES string of the molecule is Clc1cccc(-c2nnco2)c1Br. The van der Waals surface area contributed by atoms with Gasteiger partial charge in [0.2, 0.25) is 12.3 Å². The molecule has 0 aliphatic carbocycles. The van der Waals surface area contributed by atoms with Gasteiger partial charge in [0, 0.05) is 4.47 Å². The highest BCUT2D eigenvalue weighted by Gasteiger charge is 2.09. The summed E-state index contributed by atoms with van der Waals surface area (Å²) in [4.78, 5) is 0. The highest BCUT2D eigenvalue weighted by atomic mass is 79.9. The van der Waals surface area contributed by atoms with Crippen LogP contribution in [0.15, 0.2) is 33.5 Å². The Morgan fingerprint density at radius 3 is 2.92 bits per heavy atom. The van der Waals surface area contributed by atoms with E-state index in [1.54, 1.807) is 6.07 Å². The van der Waals surface area contributed by atoms with E-state index in [9.17, 15) is 0 Å². The summed E-state index contributed by atoms with van der Waals surface area (Å²) in [6.07, 6.45) is 1.28. The van der Waals surface area contributed by atoms with Crippen molar-refractivity contribution in [3.05, 3.63) is 34.1 Å². The second-order valence-electron chi connectivity index (χ2n) is 2.35. The predicted molar refractivity (Wildman–Crippen MR) is 52.4 cm³/mol. The Bertz CT molecular complexity index is 416. The van der Waals surface area contributed by atoms with Crippen molar-refractivity contribution in [1.29, 1.82) is 0 Å². The first-order chi connectivity index (χ1) is 6.29. The fourth-order valence-corrected chi connectivity index (χ4v) is 1.57. The lowest BCUT2D eigenvalue weighted by Gasteiger charge is -1.99. The van der Waals surface area contributed by atoms with Gasteiger partial charge < -0.3 is 4.42 Å². The number of halogens is 2. The van der Waals surface area contributed by atoms with Gasteiger partial charge in [-0.3, -0.25) is 0 Å². The number of rotatable bonds is 1. The Balaban J connectivity index is 2.59. The van der Waals surface area contributed by atoms with Crippen LogP contribution in [-0.2, 0) is 0 Å². The van der Waals surface area contributed by atoms with Gasteiger partial charge in [0.15, 0.2) is 0 Å². The lowest BCUT2D eigenvalue weighted by Crippen LogP contribution is -1.80. The van der Waals surface area contributed by atoms with E-state index in [0.717, 1.165) is 10.0 Å². The molecule has 0 bridgehead atoms. The molecular weight excluding hydrogens is 255 g/mol. The molecule has 2 aromatic rings. The average molecular weight is 259 g/mol. The number of aromatic nitrogens is 2. The van der Waals surface area contributed by atoms with Crippen molar-refractivity contribution in [3.63, 3.8) is 0 Å². The van der Waals surface area contributed by atoms with Gasteiger partial charge in [0.05, 0.1) is 10.6 Å². The van der Waals surface area contributed by atoms with Crippen molar-refractivity contribution < 1.29 is 4.42 Å². The number of nitrogens with zero attached hydrogens (tertiary/aromatic N) is 2. The number of benzene rings is 1. The topological polar surface area (TPSA) is 38.9 Å². The zero-order chi connectivity index (χ0) is 9.26. The first-order valence-electron chi connectivity index (χ1n) is 3.49. The number of hydrogen-bond acceptors (Lipinski definition) is 3. The molecule has 1 heterocycles. The molecule has 13 heavy (non-hydrogen) atoms. The summed E-state index contributed by atoms with van der Waals surface area (Å²) in [5.41, 5.74) is 0.796. The minimum absolute atomic E-state index is 0.453. The Kier molecular flexibility index (Phi) is 2.33. The summed E-state index contributed by atoms with van der Waals surface area (Å²) in [7, 11) is 0. The van der Waals surface area contributed by atoms with E-state index in [-0.39, 0.29) is 0 Å². The Hall–Kier alpha value is -0.870. The van der Waals surface area contributed by atoms with E-state index in [2.05, 4.69) is 26.1 Å². The van der Waals surface area contributed by atoms with Gasteiger partial charge in [0.1, 0.15) is 0 Å². The fraction of sp³-hybridized carbons (Fsp3) is 0. The predicted octanol–water partition coefficient (Wildman–Crippen LogP) is 3.15. The average Bonchev–Trinajstić information content (AvgIpc) is 2.62. The third-order valence-corrected chi connectivity index (χ3v) is 2.94. The van der Waals surface area contributed by atoms with Crippen molar-refractivity contribution in [2.45, 2.75) is 0 Å². The lowest BCUT2D eigenvalue weighted by atomic mass is 10.2. The molecule has 2 rings (SSSR count). The van der Waals surface area contributed by atoms with Crippen LogP contribution in [0.1, 0.15) is 0 Å². The van der Waals surface area contributed by atoms with Gasteiger partial charge >= 0.3 is 0 Å². The maximum atomic E-state index is 5.89. The first-order valence-corrected chi connectivity index (χ1v) is 4.66. The minimum Gasteiger partial charge on any atom is -0.423 e. The summed E-state index contributed by atoms with van der Waals surface area (Å²) in [6, 6.07) is 5.46. The zero-order valence-electron chi connectivity index (χ0n) is 6.37. The van der Waals surface area contributed by atoms with Crippen molar-refractivity contribution in [3.8, 4) is 11.5 Å². The van der Waals surface area contributed by atoms with Crippen LogP contribution in [0.25, 0.3) is 11.5 Å². The molecule has 66 valence electrons. The fourth-order valence-electron chi connectivity index (χ4n) is 0.959. The third kappa shape index (κ3) is 1.59. The molecule has 0 radical (unpaired) electrons. The van der Waals surface area contributed by atoms with Crippen LogP contribution in [0.3, 0.4) is 0 Å². The maximum Gasteiger partial charge on any atom is 0.248 e. The molecule has 1 aromatic carbocycles. The van der Waals surface area contributed by atoms with E-state index >= 15 is 0 Å². The maximum absolute atomic E-state index is 5.89. The van der Waals surface area contributed by atoms with Crippen LogP contribution in [-0.4, -0.2) is 10.2 Å². The number of hydrogen-bond donors (Lipinski definition) is 0. The molecule has 0 atom stereocenters. The smallest absolute Gasteiger partial charge is 0.248 e. The Morgan fingerprint density at radius 2 is 2.23 bits per heavy atom. The van der Waals surface area contributed by atoms with Crippen LogP contribution in [0.2, 0.25) is 5.02 Å². The second-order valence-corrected chi connectivity index (χ2v) is 3.55. The highest BCUT2D eigenvalue weighted by molar-refractivity contribution is 9.10. The second kappa shape index (κ2) is 3.47. The Labute approximate surface area is 87.9 Å². The van der Waals surface area contributed by atoms with Crippen LogP contribution in [0, 0.1) is 0 Å². The normalized spacial score (nSPS) is 10.3. The van der Waals surface area contributed by atoms with Crippen molar-refractivity contribution in [2.24, 2.45) is 0 Å². The van der Waals surface area contributed by atoms with Gasteiger partial charge in [0.25, 0.3) is 0 Å². The molecule has 0 aliphatic heterocycles. The molecule has 0 amide bonds. The van der Waals surface area contributed by atoms with Crippen molar-refractivity contribution >= 4 is 27.5 Å². The zero-order valence-corrected chi connectivity index (χ0v) is 8.71. The van der Waals surface area contributed by atoms with Crippen molar-refractivity contribution in [2.75, 3.05) is 0 Å². The lowest BCUT2D eigenvalue weighted by molar-refractivity contribution is 0.568. The highest BCUT2D eigenvalue weighted by Crippen LogP contribution is 2.32. The van der Waals surface area contributed by atoms with E-state index in [1.165, 1.54) is 6.39 Å². The monoisotopic (exact) mass is 258 g/mol. The van der Waals surface area contributed by atoms with Gasteiger partial charge in [-0.15, -0.1) is 10.2 Å². The Morgan fingerprint density at radius 1 is 1.38 bits per heavy atom. The molecular formula is C8H4BrClN2O. The third-order valence-electron chi connectivity index (χ3n) is 1.54. The van der Waals surface area contributed by atoms with Gasteiger partial charge in [-0.2, -0.15) is 0 Å². The van der Waals surface area contributed by atoms with Crippen molar-refractivity contribution in [1.82, 2.24) is 10.2 Å². The largest absolute Gasteiger partial charge is 0.423 e. The molecule has 0 N–H and O–H groups in total. The van der Waals surface area contributed by atoms with Crippen LogP contribution >= 0.6 is 27.5 Å². The van der Waals surface area contributed by atoms with Crippen LogP contribution in [0.5, 0.6) is 0 Å². The molecule has 1 aromatic heterocycles. The van der Waals surface area contributed by atoms with Gasteiger partial charge in [-0.25, -0.2) is 0 Å². The molecule has 0 spiro atoms. The summed E-state index contributed by atoms with van der Waals surface area (Å²) in [5.74, 6) is 0.453.